The first-order valence-electron chi connectivity index (χ1n) is 10.9. The lowest BCUT2D eigenvalue weighted by atomic mass is 10.2. The third-order valence-corrected chi connectivity index (χ3v) is 8.70. The number of halogens is 1. The summed E-state index contributed by atoms with van der Waals surface area (Å²) < 4.78 is 28.2. The molecule has 12 heteroatoms. The van der Waals surface area contributed by atoms with E-state index in [-0.39, 0.29) is 20.5 Å². The summed E-state index contributed by atoms with van der Waals surface area (Å²) in [6.07, 6.45) is 1.42. The van der Waals surface area contributed by atoms with E-state index in [0.29, 0.717) is 32.9 Å². The van der Waals surface area contributed by atoms with Crippen LogP contribution in [0, 0.1) is 0 Å². The third kappa shape index (κ3) is 5.41. The molecule has 1 aliphatic heterocycles. The van der Waals surface area contributed by atoms with Gasteiger partial charge in [0.2, 0.25) is 0 Å². The van der Waals surface area contributed by atoms with Gasteiger partial charge in [0.25, 0.3) is 21.8 Å². The molecule has 0 radical (unpaired) electrons. The Balaban J connectivity index is 1.30. The third-order valence-electron chi connectivity index (χ3n) is 5.35. The number of aromatic nitrogens is 1. The lowest BCUT2D eigenvalue weighted by Gasteiger charge is -2.10. The fraction of sp³-hybridized carbons (Fsp3) is 0. The van der Waals surface area contributed by atoms with Crippen LogP contribution in [0.4, 0.5) is 9.93 Å². The Morgan fingerprint density at radius 3 is 2.42 bits per heavy atom. The Labute approximate surface area is 231 Å². The zero-order chi connectivity index (χ0) is 26.9. The van der Waals surface area contributed by atoms with E-state index < -0.39 is 27.1 Å². The molecule has 1 fully saturated rings. The van der Waals surface area contributed by atoms with Crippen molar-refractivity contribution in [3.8, 4) is 11.3 Å². The van der Waals surface area contributed by atoms with Crippen molar-refractivity contribution in [1.82, 2.24) is 9.88 Å². The highest BCUT2D eigenvalue weighted by molar-refractivity contribution is 8.18. The normalized spacial score (nSPS) is 14.8. The number of anilines is 1. The van der Waals surface area contributed by atoms with Crippen molar-refractivity contribution in [1.29, 1.82) is 0 Å². The summed E-state index contributed by atoms with van der Waals surface area (Å²) >= 11 is 7.71. The molecule has 5 rings (SSSR count). The predicted molar refractivity (Wildman–Crippen MR) is 148 cm³/mol. The molecule has 0 unspecified atom stereocenters. The molecule has 4 aromatic rings. The Morgan fingerprint density at radius 1 is 0.974 bits per heavy atom. The number of thioether (sulfide) groups is 1. The molecule has 2 heterocycles. The first-order valence-corrected chi connectivity index (χ1v) is 14.5. The molecule has 190 valence electrons. The Morgan fingerprint density at radius 2 is 1.71 bits per heavy atom. The highest BCUT2D eigenvalue weighted by Gasteiger charge is 2.40. The van der Waals surface area contributed by atoms with Crippen molar-refractivity contribution in [2.75, 3.05) is 4.72 Å². The zero-order valence-corrected chi connectivity index (χ0v) is 22.4. The zero-order valence-electron chi connectivity index (χ0n) is 19.2. The number of sulfonamides is 1. The average Bonchev–Trinajstić information content (AvgIpc) is 3.47. The van der Waals surface area contributed by atoms with Crippen LogP contribution in [0.1, 0.15) is 15.9 Å². The molecular weight excluding hydrogens is 566 g/mol. The maximum absolute atomic E-state index is 12.9. The van der Waals surface area contributed by atoms with Crippen molar-refractivity contribution in [2.45, 2.75) is 4.90 Å². The van der Waals surface area contributed by atoms with Gasteiger partial charge in [0, 0.05) is 21.5 Å². The standard InChI is InChI=1S/C26H16ClN3O5S3/c27-19-8-4-7-18(14-19)23(31)30-24(32)22(37-26(30)33)13-16-9-11-20(12-10-16)38(34,35)29-25-28-21(15-36-25)17-5-2-1-3-6-17/h1-15H,(H,28,29)/b22-13-. The van der Waals surface area contributed by atoms with Crippen molar-refractivity contribution < 1.29 is 22.8 Å². The number of nitrogens with one attached hydrogen (secondary N) is 1. The van der Waals surface area contributed by atoms with E-state index >= 15 is 0 Å². The molecule has 1 saturated heterocycles. The SMILES string of the molecule is O=C1S/C(=C\c2ccc(S(=O)(=O)Nc3nc(-c4ccccc4)cs3)cc2)C(=O)N1C(=O)c1cccc(Cl)c1. The van der Waals surface area contributed by atoms with Crippen LogP contribution in [0.25, 0.3) is 17.3 Å². The van der Waals surface area contributed by atoms with E-state index in [9.17, 15) is 22.8 Å². The van der Waals surface area contributed by atoms with E-state index in [1.54, 1.807) is 17.5 Å². The Hall–Kier alpha value is -3.77. The number of benzene rings is 3. The summed E-state index contributed by atoms with van der Waals surface area (Å²) in [5.41, 5.74) is 2.12. The quantitative estimate of drug-likeness (QED) is 0.215. The second kappa shape index (κ2) is 10.5. The topological polar surface area (TPSA) is 114 Å². The number of hydrogen-bond acceptors (Lipinski definition) is 8. The van der Waals surface area contributed by atoms with Crippen LogP contribution in [-0.2, 0) is 14.8 Å². The summed E-state index contributed by atoms with van der Waals surface area (Å²) in [7, 11) is -3.91. The van der Waals surface area contributed by atoms with Crippen LogP contribution in [0.5, 0.6) is 0 Å². The minimum absolute atomic E-state index is 0.00431. The van der Waals surface area contributed by atoms with Crippen LogP contribution in [0.3, 0.4) is 0 Å². The molecule has 1 aromatic heterocycles. The minimum atomic E-state index is -3.91. The second-order valence-corrected chi connectivity index (χ2v) is 11.9. The number of carbonyl (C=O) groups is 3. The summed E-state index contributed by atoms with van der Waals surface area (Å²) in [4.78, 5) is 42.9. The molecule has 0 saturated carbocycles. The van der Waals surface area contributed by atoms with Crippen LogP contribution in [-0.4, -0.2) is 35.4 Å². The molecule has 0 atom stereocenters. The number of thiazole rings is 1. The van der Waals surface area contributed by atoms with E-state index in [1.807, 2.05) is 30.3 Å². The number of nitrogens with zero attached hydrogens (tertiary/aromatic N) is 2. The molecular formula is C26H16ClN3O5S3. The highest BCUT2D eigenvalue weighted by atomic mass is 35.5. The number of imide groups is 3. The first kappa shape index (κ1) is 25.9. The van der Waals surface area contributed by atoms with Gasteiger partial charge >= 0.3 is 5.24 Å². The molecule has 0 bridgehead atoms. The summed E-state index contributed by atoms with van der Waals surface area (Å²) in [6.45, 7) is 0. The summed E-state index contributed by atoms with van der Waals surface area (Å²) in [5.74, 6) is -1.54. The number of amides is 3. The van der Waals surface area contributed by atoms with Crippen LogP contribution in [0.15, 0.2) is 94.0 Å². The molecule has 0 spiro atoms. The summed E-state index contributed by atoms with van der Waals surface area (Å²) in [5, 5.41) is 1.56. The van der Waals surface area contributed by atoms with Gasteiger partial charge in [0.1, 0.15) is 0 Å². The van der Waals surface area contributed by atoms with E-state index in [2.05, 4.69) is 9.71 Å². The molecule has 1 aliphatic rings. The van der Waals surface area contributed by atoms with Gasteiger partial charge in [0.15, 0.2) is 5.13 Å². The van der Waals surface area contributed by atoms with Gasteiger partial charge in [0.05, 0.1) is 15.5 Å². The van der Waals surface area contributed by atoms with Crippen LogP contribution < -0.4 is 4.72 Å². The maximum atomic E-state index is 12.9. The molecule has 0 aliphatic carbocycles. The van der Waals surface area contributed by atoms with E-state index in [4.69, 9.17) is 11.6 Å². The van der Waals surface area contributed by atoms with Gasteiger partial charge < -0.3 is 0 Å². The number of carbonyl (C=O) groups excluding carboxylic acids is 3. The van der Waals surface area contributed by atoms with Crippen molar-refractivity contribution in [2.24, 2.45) is 0 Å². The second-order valence-electron chi connectivity index (χ2n) is 7.91. The predicted octanol–water partition coefficient (Wildman–Crippen LogP) is 6.14. The van der Waals surface area contributed by atoms with Gasteiger partial charge in [-0.15, -0.1) is 11.3 Å². The Kier molecular flexibility index (Phi) is 7.17. The molecule has 3 amide bonds. The summed E-state index contributed by atoms with van der Waals surface area (Å²) in [6, 6.07) is 21.1. The van der Waals surface area contributed by atoms with Crippen LogP contribution in [0.2, 0.25) is 5.02 Å². The number of rotatable bonds is 6. The number of hydrogen-bond donors (Lipinski definition) is 1. The van der Waals surface area contributed by atoms with Gasteiger partial charge in [-0.2, -0.15) is 0 Å². The first-order chi connectivity index (χ1) is 18.2. The molecule has 3 aromatic carbocycles. The van der Waals surface area contributed by atoms with Crippen molar-refractivity contribution in [3.05, 3.63) is 105 Å². The van der Waals surface area contributed by atoms with Gasteiger partial charge in [-0.05, 0) is 53.7 Å². The van der Waals surface area contributed by atoms with Gasteiger partial charge in [-0.1, -0.05) is 60.1 Å². The average molecular weight is 582 g/mol. The highest BCUT2D eigenvalue weighted by Crippen LogP contribution is 2.34. The maximum Gasteiger partial charge on any atom is 0.300 e. The largest absolute Gasteiger partial charge is 0.300 e. The lowest BCUT2D eigenvalue weighted by molar-refractivity contribution is -0.120. The van der Waals surface area contributed by atoms with Crippen molar-refractivity contribution >= 4 is 73.0 Å². The lowest BCUT2D eigenvalue weighted by Crippen LogP contribution is -2.34. The Bertz CT molecular complexity index is 1700. The van der Waals surface area contributed by atoms with Crippen molar-refractivity contribution in [3.63, 3.8) is 0 Å². The van der Waals surface area contributed by atoms with Gasteiger partial charge in [-0.3, -0.25) is 19.1 Å². The van der Waals surface area contributed by atoms with Crippen LogP contribution >= 0.6 is 34.7 Å². The van der Waals surface area contributed by atoms with E-state index in [0.717, 1.165) is 5.56 Å². The fourth-order valence-electron chi connectivity index (χ4n) is 3.52. The molecule has 8 nitrogen and oxygen atoms in total. The smallest absolute Gasteiger partial charge is 0.268 e. The molecule has 1 N–H and O–H groups in total. The van der Waals surface area contributed by atoms with E-state index in [1.165, 1.54) is 53.8 Å². The molecule has 38 heavy (non-hydrogen) atoms. The monoisotopic (exact) mass is 581 g/mol. The van der Waals surface area contributed by atoms with Gasteiger partial charge in [-0.25, -0.2) is 18.3 Å². The minimum Gasteiger partial charge on any atom is -0.268 e. The fourth-order valence-corrected chi connectivity index (χ4v) is 6.51.